The van der Waals surface area contributed by atoms with Gasteiger partial charge in [0.2, 0.25) is 0 Å². The Balaban J connectivity index is 2.09. The van der Waals surface area contributed by atoms with Gasteiger partial charge in [0.05, 0.1) is 12.4 Å². The Morgan fingerprint density at radius 1 is 1.45 bits per heavy atom. The van der Waals surface area contributed by atoms with E-state index >= 15 is 0 Å². The van der Waals surface area contributed by atoms with Gasteiger partial charge in [-0.05, 0) is 37.6 Å². The van der Waals surface area contributed by atoms with E-state index in [1.54, 1.807) is 30.2 Å². The summed E-state index contributed by atoms with van der Waals surface area (Å²) < 4.78 is 21.1. The minimum atomic E-state index is -0.364. The molecule has 0 radical (unpaired) electrons. The summed E-state index contributed by atoms with van der Waals surface area (Å²) in [6.07, 6.45) is 4.30. The maximum Gasteiger partial charge on any atom is 0.166 e. The highest BCUT2D eigenvalue weighted by atomic mass is 19.1. The highest BCUT2D eigenvalue weighted by Gasteiger charge is 2.10. The van der Waals surface area contributed by atoms with E-state index in [1.807, 2.05) is 13.0 Å². The van der Waals surface area contributed by atoms with Crippen molar-refractivity contribution in [2.75, 3.05) is 6.54 Å². The van der Waals surface area contributed by atoms with E-state index in [0.717, 1.165) is 18.5 Å². The van der Waals surface area contributed by atoms with Crippen molar-refractivity contribution in [1.29, 1.82) is 0 Å². The van der Waals surface area contributed by atoms with E-state index in [4.69, 9.17) is 4.74 Å². The quantitative estimate of drug-likeness (QED) is 0.879. The van der Waals surface area contributed by atoms with Crippen LogP contribution in [0.5, 0.6) is 11.5 Å². The van der Waals surface area contributed by atoms with E-state index in [-0.39, 0.29) is 17.6 Å². The molecule has 0 amide bonds. The molecule has 1 heterocycles. The van der Waals surface area contributed by atoms with E-state index in [9.17, 15) is 4.39 Å². The number of benzene rings is 1. The summed E-state index contributed by atoms with van der Waals surface area (Å²) in [7, 11) is 1.79. The summed E-state index contributed by atoms with van der Waals surface area (Å²) in [5.41, 5.74) is 0.912. The summed E-state index contributed by atoms with van der Waals surface area (Å²) in [5.74, 6) is 0.372. The van der Waals surface area contributed by atoms with Crippen LogP contribution in [-0.4, -0.2) is 16.3 Å². The van der Waals surface area contributed by atoms with Gasteiger partial charge in [0.15, 0.2) is 17.3 Å². The maximum absolute atomic E-state index is 14.0. The lowest BCUT2D eigenvalue weighted by atomic mass is 10.1. The molecule has 1 atom stereocenters. The smallest absolute Gasteiger partial charge is 0.166 e. The molecule has 0 saturated heterocycles. The highest BCUT2D eigenvalue weighted by molar-refractivity contribution is 5.34. The van der Waals surface area contributed by atoms with Crippen molar-refractivity contribution >= 4 is 0 Å². The molecule has 0 bridgehead atoms. The summed E-state index contributed by atoms with van der Waals surface area (Å²) in [6.45, 7) is 5.04. The molecule has 0 saturated carbocycles. The summed E-state index contributed by atoms with van der Waals surface area (Å²) in [4.78, 5) is 0. The SMILES string of the molecule is CCCNC(C)c1ccc(Oc2cnn(C)c2)c(F)c1. The Kier molecular flexibility index (Phi) is 4.74. The fourth-order valence-corrected chi connectivity index (χ4v) is 1.93. The van der Waals surface area contributed by atoms with Gasteiger partial charge < -0.3 is 10.1 Å². The highest BCUT2D eigenvalue weighted by Crippen LogP contribution is 2.26. The van der Waals surface area contributed by atoms with E-state index in [0.29, 0.717) is 5.75 Å². The molecule has 1 N–H and O–H groups in total. The Morgan fingerprint density at radius 2 is 2.25 bits per heavy atom. The van der Waals surface area contributed by atoms with Crippen molar-refractivity contribution in [3.8, 4) is 11.5 Å². The number of aryl methyl sites for hydroxylation is 1. The Labute approximate surface area is 118 Å². The lowest BCUT2D eigenvalue weighted by Crippen LogP contribution is -2.19. The van der Waals surface area contributed by atoms with Gasteiger partial charge >= 0.3 is 0 Å². The Morgan fingerprint density at radius 3 is 2.85 bits per heavy atom. The molecule has 1 unspecified atom stereocenters. The number of nitrogens with one attached hydrogen (secondary N) is 1. The van der Waals surface area contributed by atoms with Gasteiger partial charge in [-0.1, -0.05) is 13.0 Å². The molecule has 108 valence electrons. The molecular formula is C15H20FN3O. The lowest BCUT2D eigenvalue weighted by molar-refractivity contribution is 0.440. The van der Waals surface area contributed by atoms with Crippen molar-refractivity contribution in [1.82, 2.24) is 15.1 Å². The first-order chi connectivity index (χ1) is 9.60. The van der Waals surface area contributed by atoms with Gasteiger partial charge in [-0.25, -0.2) is 4.39 Å². The van der Waals surface area contributed by atoms with Crippen LogP contribution in [0.4, 0.5) is 4.39 Å². The van der Waals surface area contributed by atoms with E-state index < -0.39 is 0 Å². The topological polar surface area (TPSA) is 39.1 Å². The van der Waals surface area contributed by atoms with Gasteiger partial charge in [-0.2, -0.15) is 5.10 Å². The summed E-state index contributed by atoms with van der Waals surface area (Å²) in [5, 5.41) is 7.31. The summed E-state index contributed by atoms with van der Waals surface area (Å²) >= 11 is 0. The van der Waals surface area contributed by atoms with Crippen molar-refractivity contribution in [2.24, 2.45) is 7.05 Å². The first-order valence-corrected chi connectivity index (χ1v) is 6.79. The Hall–Kier alpha value is -1.88. The van der Waals surface area contributed by atoms with Crippen LogP contribution in [0.15, 0.2) is 30.6 Å². The van der Waals surface area contributed by atoms with Crippen molar-refractivity contribution in [3.63, 3.8) is 0 Å². The molecule has 2 rings (SSSR count). The van der Waals surface area contributed by atoms with Gasteiger partial charge in [-0.15, -0.1) is 0 Å². The number of nitrogens with zero attached hydrogens (tertiary/aromatic N) is 2. The van der Waals surface area contributed by atoms with Crippen LogP contribution in [0.1, 0.15) is 31.9 Å². The van der Waals surface area contributed by atoms with Crippen LogP contribution in [0.3, 0.4) is 0 Å². The molecule has 1 aromatic heterocycles. The predicted octanol–water partition coefficient (Wildman–Crippen LogP) is 3.41. The van der Waals surface area contributed by atoms with Crippen LogP contribution in [-0.2, 0) is 7.05 Å². The molecular weight excluding hydrogens is 257 g/mol. The molecule has 0 fully saturated rings. The zero-order valence-electron chi connectivity index (χ0n) is 12.1. The van der Waals surface area contributed by atoms with Gasteiger partial charge in [0.1, 0.15) is 0 Å². The van der Waals surface area contributed by atoms with Crippen molar-refractivity contribution < 1.29 is 9.13 Å². The number of hydrogen-bond donors (Lipinski definition) is 1. The zero-order valence-corrected chi connectivity index (χ0v) is 12.1. The van der Waals surface area contributed by atoms with E-state index in [1.165, 1.54) is 6.07 Å². The van der Waals surface area contributed by atoms with Crippen LogP contribution < -0.4 is 10.1 Å². The number of rotatable bonds is 6. The maximum atomic E-state index is 14.0. The number of ether oxygens (including phenoxy) is 1. The van der Waals surface area contributed by atoms with Crippen molar-refractivity contribution in [2.45, 2.75) is 26.3 Å². The lowest BCUT2D eigenvalue weighted by Gasteiger charge is -2.14. The molecule has 0 aliphatic carbocycles. The van der Waals surface area contributed by atoms with Crippen LogP contribution >= 0.6 is 0 Å². The second-order valence-corrected chi connectivity index (χ2v) is 4.82. The van der Waals surface area contributed by atoms with E-state index in [2.05, 4.69) is 17.3 Å². The second kappa shape index (κ2) is 6.52. The fourth-order valence-electron chi connectivity index (χ4n) is 1.93. The molecule has 5 heteroatoms. The monoisotopic (exact) mass is 277 g/mol. The van der Waals surface area contributed by atoms with Crippen LogP contribution in [0.2, 0.25) is 0 Å². The number of halogens is 1. The second-order valence-electron chi connectivity index (χ2n) is 4.82. The minimum Gasteiger partial charge on any atom is -0.451 e. The first kappa shape index (κ1) is 14.5. The fraction of sp³-hybridized carbons (Fsp3) is 0.400. The third-order valence-electron chi connectivity index (χ3n) is 3.07. The molecule has 0 spiro atoms. The van der Waals surface area contributed by atoms with Crippen LogP contribution in [0.25, 0.3) is 0 Å². The molecule has 2 aromatic rings. The van der Waals surface area contributed by atoms with Gasteiger partial charge in [0.25, 0.3) is 0 Å². The average molecular weight is 277 g/mol. The molecule has 0 aliphatic heterocycles. The number of aromatic nitrogens is 2. The molecule has 1 aromatic carbocycles. The average Bonchev–Trinajstić information content (AvgIpc) is 2.83. The zero-order chi connectivity index (χ0) is 14.5. The Bertz CT molecular complexity index is 568. The third kappa shape index (κ3) is 3.57. The standard InChI is InChI=1S/C15H20FN3O/c1-4-7-17-11(2)12-5-6-15(14(16)8-12)20-13-9-18-19(3)10-13/h5-6,8-11,17H,4,7H2,1-3H3. The van der Waals surface area contributed by atoms with Crippen LogP contribution in [0, 0.1) is 5.82 Å². The van der Waals surface area contributed by atoms with Crippen molar-refractivity contribution in [3.05, 3.63) is 42.0 Å². The van der Waals surface area contributed by atoms with Gasteiger partial charge in [-0.3, -0.25) is 4.68 Å². The van der Waals surface area contributed by atoms with Gasteiger partial charge in [0, 0.05) is 13.1 Å². The largest absolute Gasteiger partial charge is 0.451 e. The molecule has 0 aliphatic rings. The minimum absolute atomic E-state index is 0.122. The molecule has 4 nitrogen and oxygen atoms in total. The summed E-state index contributed by atoms with van der Waals surface area (Å²) in [6, 6.07) is 5.17. The first-order valence-electron chi connectivity index (χ1n) is 6.79. The molecule has 20 heavy (non-hydrogen) atoms. The third-order valence-corrected chi connectivity index (χ3v) is 3.07. The predicted molar refractivity (Wildman–Crippen MR) is 76.4 cm³/mol. The normalized spacial score (nSPS) is 12.4. The number of hydrogen-bond acceptors (Lipinski definition) is 3.